The number of carbonyl (C=O) groups is 1. The summed E-state index contributed by atoms with van der Waals surface area (Å²) in [5.74, 6) is -0.334. The van der Waals surface area contributed by atoms with Crippen molar-refractivity contribution in [3.8, 4) is 0 Å². The number of alkyl halides is 3. The normalized spacial score (nSPS) is 14.3. The Morgan fingerprint density at radius 3 is 2.71 bits per heavy atom. The van der Waals surface area contributed by atoms with E-state index < -0.39 is 12.6 Å². The zero-order valence-corrected chi connectivity index (χ0v) is 12.8. The van der Waals surface area contributed by atoms with Crippen molar-refractivity contribution in [2.75, 3.05) is 11.9 Å². The zero-order chi connectivity index (χ0) is 17.2. The van der Waals surface area contributed by atoms with Crippen molar-refractivity contribution in [1.29, 1.82) is 0 Å². The van der Waals surface area contributed by atoms with E-state index in [1.807, 2.05) is 0 Å². The number of anilines is 1. The van der Waals surface area contributed by atoms with E-state index in [1.165, 1.54) is 0 Å². The molecular formula is C16H17F3N4O. The molecule has 128 valence electrons. The molecule has 0 bridgehead atoms. The monoisotopic (exact) mass is 338 g/mol. The highest BCUT2D eigenvalue weighted by Crippen LogP contribution is 2.23. The quantitative estimate of drug-likeness (QED) is 0.803. The van der Waals surface area contributed by atoms with Gasteiger partial charge < -0.3 is 10.6 Å². The molecule has 0 unspecified atom stereocenters. The van der Waals surface area contributed by atoms with E-state index in [0.29, 0.717) is 23.5 Å². The van der Waals surface area contributed by atoms with Gasteiger partial charge in [-0.05, 0) is 24.1 Å². The van der Waals surface area contributed by atoms with Gasteiger partial charge >= 0.3 is 6.18 Å². The summed E-state index contributed by atoms with van der Waals surface area (Å²) in [6.07, 6.45) is -4.30. The lowest BCUT2D eigenvalue weighted by Crippen LogP contribution is -2.25. The molecule has 1 aliphatic rings. The van der Waals surface area contributed by atoms with Crippen molar-refractivity contribution in [3.05, 3.63) is 46.8 Å². The van der Waals surface area contributed by atoms with Crippen LogP contribution < -0.4 is 10.6 Å². The number of amides is 1. The van der Waals surface area contributed by atoms with Gasteiger partial charge in [-0.15, -0.1) is 0 Å². The molecule has 1 aromatic carbocycles. The van der Waals surface area contributed by atoms with Gasteiger partial charge in [0.15, 0.2) is 5.69 Å². The Hall–Kier alpha value is -2.35. The molecule has 2 heterocycles. The van der Waals surface area contributed by atoms with Crippen molar-refractivity contribution in [2.24, 2.45) is 0 Å². The van der Waals surface area contributed by atoms with Crippen molar-refractivity contribution in [3.63, 3.8) is 0 Å². The largest absolute Gasteiger partial charge is 0.389 e. The zero-order valence-electron chi connectivity index (χ0n) is 12.8. The first-order valence-corrected chi connectivity index (χ1v) is 7.66. The third-order valence-electron chi connectivity index (χ3n) is 3.93. The highest BCUT2D eigenvalue weighted by atomic mass is 19.4. The number of fused-ring (bicyclic) bond motifs is 1. The number of nitrogens with zero attached hydrogens (tertiary/aromatic N) is 1. The average Bonchev–Trinajstić information content (AvgIpc) is 2.97. The first kappa shape index (κ1) is 16.5. The van der Waals surface area contributed by atoms with Crippen LogP contribution in [0.25, 0.3) is 0 Å². The summed E-state index contributed by atoms with van der Waals surface area (Å²) in [5.41, 5.74) is 3.27. The van der Waals surface area contributed by atoms with Gasteiger partial charge in [-0.25, -0.2) is 0 Å². The van der Waals surface area contributed by atoms with Gasteiger partial charge in [-0.2, -0.15) is 18.3 Å². The summed E-state index contributed by atoms with van der Waals surface area (Å²) >= 11 is 0. The lowest BCUT2D eigenvalue weighted by molar-refractivity contribution is -0.133. The fraction of sp³-hybridized carbons (Fsp3) is 0.375. The number of hydrogen-bond acceptors (Lipinski definition) is 3. The summed E-state index contributed by atoms with van der Waals surface area (Å²) in [4.78, 5) is 12.3. The Morgan fingerprint density at radius 2 is 2.00 bits per heavy atom. The maximum atomic E-state index is 12.3. The average molecular weight is 338 g/mol. The van der Waals surface area contributed by atoms with Crippen LogP contribution in [0.3, 0.4) is 0 Å². The van der Waals surface area contributed by atoms with Crippen LogP contribution in [0.2, 0.25) is 0 Å². The Bertz CT molecular complexity index is 722. The van der Waals surface area contributed by atoms with Crippen molar-refractivity contribution >= 4 is 11.6 Å². The summed E-state index contributed by atoms with van der Waals surface area (Å²) in [6.45, 7) is 1.43. The van der Waals surface area contributed by atoms with Gasteiger partial charge in [-0.3, -0.25) is 9.89 Å². The van der Waals surface area contributed by atoms with Gasteiger partial charge in [0, 0.05) is 42.9 Å². The van der Waals surface area contributed by atoms with Gasteiger partial charge in [-0.1, -0.05) is 12.1 Å². The van der Waals surface area contributed by atoms with Crippen LogP contribution in [0.5, 0.6) is 0 Å². The Labute approximate surface area is 136 Å². The molecule has 5 nitrogen and oxygen atoms in total. The predicted molar refractivity (Wildman–Crippen MR) is 82.8 cm³/mol. The smallest absolute Gasteiger partial charge is 0.321 e. The number of hydrogen-bond donors (Lipinski definition) is 3. The maximum Gasteiger partial charge on any atom is 0.389 e. The molecule has 0 fully saturated rings. The number of carbonyl (C=O) groups excluding carboxylic acids is 1. The van der Waals surface area contributed by atoms with Crippen LogP contribution >= 0.6 is 0 Å². The third kappa shape index (κ3) is 3.94. The highest BCUT2D eigenvalue weighted by Gasteiger charge is 2.26. The number of H-pyrrole nitrogens is 1. The molecule has 0 saturated heterocycles. The second-order valence-electron chi connectivity index (χ2n) is 5.72. The SMILES string of the molecule is O=C(Nc1ccc(CCC(F)(F)F)cc1)c1n[nH]c2c1CNCC2. The van der Waals surface area contributed by atoms with E-state index in [0.717, 1.165) is 24.2 Å². The molecule has 0 saturated carbocycles. The molecule has 1 amide bonds. The summed E-state index contributed by atoms with van der Waals surface area (Å²) < 4.78 is 36.6. The number of aromatic amines is 1. The van der Waals surface area contributed by atoms with Crippen LogP contribution in [0.4, 0.5) is 18.9 Å². The lowest BCUT2D eigenvalue weighted by Gasteiger charge is -2.13. The van der Waals surface area contributed by atoms with Crippen molar-refractivity contribution < 1.29 is 18.0 Å². The molecule has 3 N–H and O–H groups in total. The second kappa shape index (κ2) is 6.64. The van der Waals surface area contributed by atoms with E-state index >= 15 is 0 Å². The highest BCUT2D eigenvalue weighted by molar-refractivity contribution is 6.04. The minimum atomic E-state index is -4.17. The topological polar surface area (TPSA) is 69.8 Å². The summed E-state index contributed by atoms with van der Waals surface area (Å²) in [7, 11) is 0. The molecule has 1 aliphatic heterocycles. The number of aryl methyl sites for hydroxylation is 1. The molecule has 2 aromatic rings. The summed E-state index contributed by atoms with van der Waals surface area (Å²) in [6, 6.07) is 6.37. The van der Waals surface area contributed by atoms with Gasteiger partial charge in [0.1, 0.15) is 0 Å². The number of rotatable bonds is 4. The van der Waals surface area contributed by atoms with Crippen LogP contribution in [0.1, 0.15) is 33.7 Å². The van der Waals surface area contributed by atoms with Crippen LogP contribution in [-0.2, 0) is 19.4 Å². The molecule has 0 spiro atoms. The fourth-order valence-corrected chi connectivity index (χ4v) is 2.64. The number of benzene rings is 1. The Kier molecular flexibility index (Phi) is 4.57. The van der Waals surface area contributed by atoms with Crippen molar-refractivity contribution in [1.82, 2.24) is 15.5 Å². The molecule has 0 atom stereocenters. The Balaban J connectivity index is 1.63. The second-order valence-corrected chi connectivity index (χ2v) is 5.72. The first-order valence-electron chi connectivity index (χ1n) is 7.66. The summed E-state index contributed by atoms with van der Waals surface area (Å²) in [5, 5.41) is 12.9. The van der Waals surface area contributed by atoms with Gasteiger partial charge in [0.05, 0.1) is 0 Å². The molecular weight excluding hydrogens is 321 g/mol. The van der Waals surface area contributed by atoms with Crippen LogP contribution in [0.15, 0.2) is 24.3 Å². The minimum absolute atomic E-state index is 0.0731. The van der Waals surface area contributed by atoms with E-state index in [4.69, 9.17) is 0 Å². The predicted octanol–water partition coefficient (Wildman–Crippen LogP) is 2.80. The number of halogens is 3. The van der Waals surface area contributed by atoms with E-state index in [2.05, 4.69) is 20.8 Å². The van der Waals surface area contributed by atoms with Crippen LogP contribution in [-0.4, -0.2) is 28.8 Å². The third-order valence-corrected chi connectivity index (χ3v) is 3.93. The van der Waals surface area contributed by atoms with E-state index in [-0.39, 0.29) is 12.3 Å². The Morgan fingerprint density at radius 1 is 1.25 bits per heavy atom. The molecule has 3 rings (SSSR count). The van der Waals surface area contributed by atoms with Gasteiger partial charge in [0.25, 0.3) is 5.91 Å². The molecule has 1 aromatic heterocycles. The van der Waals surface area contributed by atoms with Gasteiger partial charge in [0.2, 0.25) is 0 Å². The number of aromatic nitrogens is 2. The molecule has 8 heteroatoms. The maximum absolute atomic E-state index is 12.3. The molecule has 0 aliphatic carbocycles. The molecule has 0 radical (unpaired) electrons. The van der Waals surface area contributed by atoms with Crippen LogP contribution in [0, 0.1) is 0 Å². The fourth-order valence-electron chi connectivity index (χ4n) is 2.64. The minimum Gasteiger partial charge on any atom is -0.321 e. The van der Waals surface area contributed by atoms with E-state index in [1.54, 1.807) is 24.3 Å². The van der Waals surface area contributed by atoms with Crippen molar-refractivity contribution in [2.45, 2.75) is 32.0 Å². The standard InChI is InChI=1S/C16H17F3N4O/c17-16(18,19)7-5-10-1-3-11(4-2-10)21-15(24)14-12-9-20-8-6-13(12)22-23-14/h1-4,20H,5-9H2,(H,21,24)(H,22,23). The molecule has 24 heavy (non-hydrogen) atoms. The lowest BCUT2D eigenvalue weighted by atomic mass is 10.1. The first-order chi connectivity index (χ1) is 11.4. The van der Waals surface area contributed by atoms with E-state index in [9.17, 15) is 18.0 Å². The number of nitrogens with one attached hydrogen (secondary N) is 3.